The van der Waals surface area contributed by atoms with E-state index < -0.39 is 0 Å². The first kappa shape index (κ1) is 17.1. The molecule has 0 unspecified atom stereocenters. The van der Waals surface area contributed by atoms with E-state index in [9.17, 15) is 4.79 Å². The van der Waals surface area contributed by atoms with Crippen LogP contribution in [-0.4, -0.2) is 35.0 Å². The van der Waals surface area contributed by atoms with Gasteiger partial charge in [0, 0.05) is 25.2 Å². The van der Waals surface area contributed by atoms with Gasteiger partial charge in [-0.25, -0.2) is 4.98 Å². The van der Waals surface area contributed by atoms with Crippen molar-refractivity contribution in [3.8, 4) is 17.4 Å². The van der Waals surface area contributed by atoms with Crippen LogP contribution < -0.4 is 9.47 Å². The van der Waals surface area contributed by atoms with E-state index in [1.54, 1.807) is 17.2 Å². The molecule has 0 aliphatic carbocycles. The number of hydrogen-bond acceptors (Lipinski definition) is 4. The van der Waals surface area contributed by atoms with Crippen LogP contribution in [0.3, 0.4) is 0 Å². The Bertz CT molecular complexity index is 900. The number of likely N-dealkylation sites (tertiary alicyclic amines) is 1. The Morgan fingerprint density at radius 3 is 2.56 bits per heavy atom. The third kappa shape index (κ3) is 4.08. The molecule has 1 fully saturated rings. The minimum absolute atomic E-state index is 0.0475. The lowest BCUT2D eigenvalue weighted by molar-refractivity contribution is 0.0768. The Kier molecular flexibility index (Phi) is 5.01. The molecule has 3 aromatic rings. The molecule has 1 atom stereocenters. The van der Waals surface area contributed by atoms with Gasteiger partial charge in [-0.3, -0.25) is 4.79 Å². The average molecular weight is 360 g/mol. The predicted molar refractivity (Wildman–Crippen MR) is 102 cm³/mol. The molecular formula is C22H20N2O3. The number of nitrogens with zero attached hydrogens (tertiary/aromatic N) is 2. The van der Waals surface area contributed by atoms with Crippen LogP contribution in [0.25, 0.3) is 0 Å². The highest BCUT2D eigenvalue weighted by atomic mass is 16.5. The first-order valence-corrected chi connectivity index (χ1v) is 8.98. The number of rotatable bonds is 5. The SMILES string of the molecule is O=C(c1ccccc1Oc1ccccc1)N1CC[C@H](Oc2ccccn2)C1. The normalized spacial score (nSPS) is 16.1. The second kappa shape index (κ2) is 7.91. The highest BCUT2D eigenvalue weighted by Crippen LogP contribution is 2.27. The van der Waals surface area contributed by atoms with Crippen LogP contribution in [0, 0.1) is 0 Å². The van der Waals surface area contributed by atoms with Gasteiger partial charge in [-0.1, -0.05) is 36.4 Å². The number of carbonyl (C=O) groups excluding carboxylic acids is 1. The molecule has 4 rings (SSSR count). The van der Waals surface area contributed by atoms with Crippen molar-refractivity contribution in [3.05, 3.63) is 84.6 Å². The van der Waals surface area contributed by atoms with E-state index in [0.29, 0.717) is 36.0 Å². The van der Waals surface area contributed by atoms with Crippen molar-refractivity contribution in [3.63, 3.8) is 0 Å². The predicted octanol–water partition coefficient (Wildman–Crippen LogP) is 4.17. The first-order valence-electron chi connectivity index (χ1n) is 8.98. The summed E-state index contributed by atoms with van der Waals surface area (Å²) in [5.41, 5.74) is 0.555. The molecule has 5 nitrogen and oxygen atoms in total. The molecule has 2 heterocycles. The Hall–Kier alpha value is -3.34. The summed E-state index contributed by atoms with van der Waals surface area (Å²) in [5, 5.41) is 0. The fraction of sp³-hybridized carbons (Fsp3) is 0.182. The number of para-hydroxylation sites is 2. The van der Waals surface area contributed by atoms with Gasteiger partial charge in [0.2, 0.25) is 5.88 Å². The standard InChI is InChI=1S/C22H20N2O3/c25-22(24-15-13-18(16-24)27-21-12-6-7-14-23-21)19-10-4-5-11-20(19)26-17-8-2-1-3-9-17/h1-12,14,18H,13,15-16H2/t18-/m0/s1. The molecule has 0 radical (unpaired) electrons. The van der Waals surface area contributed by atoms with E-state index in [1.165, 1.54) is 0 Å². The zero-order valence-corrected chi connectivity index (χ0v) is 14.8. The average Bonchev–Trinajstić information content (AvgIpc) is 3.18. The van der Waals surface area contributed by atoms with Gasteiger partial charge in [0.15, 0.2) is 0 Å². The highest BCUT2D eigenvalue weighted by molar-refractivity contribution is 5.97. The van der Waals surface area contributed by atoms with Gasteiger partial charge >= 0.3 is 0 Å². The van der Waals surface area contributed by atoms with Crippen LogP contribution in [0.15, 0.2) is 79.0 Å². The van der Waals surface area contributed by atoms with Crippen molar-refractivity contribution in [2.75, 3.05) is 13.1 Å². The van der Waals surface area contributed by atoms with E-state index in [-0.39, 0.29) is 12.0 Å². The number of carbonyl (C=O) groups is 1. The largest absolute Gasteiger partial charge is 0.472 e. The van der Waals surface area contributed by atoms with Crippen LogP contribution in [0.1, 0.15) is 16.8 Å². The molecule has 0 spiro atoms. The summed E-state index contributed by atoms with van der Waals surface area (Å²) in [5.74, 6) is 1.80. The lowest BCUT2D eigenvalue weighted by atomic mass is 10.1. The first-order chi connectivity index (χ1) is 13.3. The summed E-state index contributed by atoms with van der Waals surface area (Å²) < 4.78 is 11.8. The smallest absolute Gasteiger partial charge is 0.257 e. The molecule has 1 aliphatic rings. The van der Waals surface area contributed by atoms with E-state index in [1.807, 2.05) is 66.7 Å². The minimum atomic E-state index is -0.0500. The van der Waals surface area contributed by atoms with Crippen LogP contribution >= 0.6 is 0 Å². The third-order valence-corrected chi connectivity index (χ3v) is 4.45. The molecular weight excluding hydrogens is 340 g/mol. The number of amides is 1. The summed E-state index contributed by atoms with van der Waals surface area (Å²) in [6, 6.07) is 22.4. The van der Waals surface area contributed by atoms with Gasteiger partial charge in [-0.2, -0.15) is 0 Å². The maximum Gasteiger partial charge on any atom is 0.257 e. The monoisotopic (exact) mass is 360 g/mol. The second-order valence-corrected chi connectivity index (χ2v) is 6.36. The number of ether oxygens (including phenoxy) is 2. The Balaban J connectivity index is 1.46. The molecule has 136 valence electrons. The maximum atomic E-state index is 13.0. The Morgan fingerprint density at radius 1 is 0.963 bits per heavy atom. The fourth-order valence-electron chi connectivity index (χ4n) is 3.11. The van der Waals surface area contributed by atoms with Gasteiger partial charge in [0.25, 0.3) is 5.91 Å². The summed E-state index contributed by atoms with van der Waals surface area (Å²) >= 11 is 0. The molecule has 0 N–H and O–H groups in total. The van der Waals surface area contributed by atoms with E-state index in [4.69, 9.17) is 9.47 Å². The quantitative estimate of drug-likeness (QED) is 0.685. The van der Waals surface area contributed by atoms with Gasteiger partial charge in [0.1, 0.15) is 17.6 Å². The molecule has 0 saturated carbocycles. The lowest BCUT2D eigenvalue weighted by Gasteiger charge is -2.19. The maximum absolute atomic E-state index is 13.0. The molecule has 1 saturated heterocycles. The number of hydrogen-bond donors (Lipinski definition) is 0. The van der Waals surface area contributed by atoms with E-state index >= 15 is 0 Å². The summed E-state index contributed by atoms with van der Waals surface area (Å²) in [7, 11) is 0. The summed E-state index contributed by atoms with van der Waals surface area (Å²) in [6.45, 7) is 1.19. The molecule has 27 heavy (non-hydrogen) atoms. The molecule has 0 bridgehead atoms. The lowest BCUT2D eigenvalue weighted by Crippen LogP contribution is -2.31. The number of aromatic nitrogens is 1. The van der Waals surface area contributed by atoms with Crippen LogP contribution in [0.4, 0.5) is 0 Å². The van der Waals surface area contributed by atoms with Crippen molar-refractivity contribution in [2.45, 2.75) is 12.5 Å². The van der Waals surface area contributed by atoms with E-state index in [0.717, 1.165) is 6.42 Å². The van der Waals surface area contributed by atoms with E-state index in [2.05, 4.69) is 4.98 Å². The molecule has 1 amide bonds. The number of benzene rings is 2. The van der Waals surface area contributed by atoms with Gasteiger partial charge in [-0.05, 0) is 30.3 Å². The molecule has 1 aromatic heterocycles. The zero-order chi connectivity index (χ0) is 18.5. The van der Waals surface area contributed by atoms with Crippen molar-refractivity contribution < 1.29 is 14.3 Å². The Labute approximate surface area is 158 Å². The molecule has 5 heteroatoms. The van der Waals surface area contributed by atoms with Gasteiger partial charge in [0.05, 0.1) is 12.1 Å². The van der Waals surface area contributed by atoms with Crippen molar-refractivity contribution >= 4 is 5.91 Å². The number of pyridine rings is 1. The Morgan fingerprint density at radius 2 is 1.74 bits per heavy atom. The topological polar surface area (TPSA) is 51.7 Å². The summed E-state index contributed by atoms with van der Waals surface area (Å²) in [6.07, 6.45) is 2.43. The van der Waals surface area contributed by atoms with Crippen LogP contribution in [0.5, 0.6) is 17.4 Å². The van der Waals surface area contributed by atoms with Crippen molar-refractivity contribution in [2.24, 2.45) is 0 Å². The molecule has 2 aromatic carbocycles. The van der Waals surface area contributed by atoms with Crippen LogP contribution in [-0.2, 0) is 0 Å². The second-order valence-electron chi connectivity index (χ2n) is 6.36. The van der Waals surface area contributed by atoms with Gasteiger partial charge in [-0.15, -0.1) is 0 Å². The van der Waals surface area contributed by atoms with Crippen molar-refractivity contribution in [1.82, 2.24) is 9.88 Å². The highest BCUT2D eigenvalue weighted by Gasteiger charge is 2.30. The fourth-order valence-corrected chi connectivity index (χ4v) is 3.11. The van der Waals surface area contributed by atoms with Crippen LogP contribution in [0.2, 0.25) is 0 Å². The molecule has 1 aliphatic heterocycles. The summed E-state index contributed by atoms with van der Waals surface area (Å²) in [4.78, 5) is 19.0. The van der Waals surface area contributed by atoms with Gasteiger partial charge < -0.3 is 14.4 Å². The minimum Gasteiger partial charge on any atom is -0.472 e. The third-order valence-electron chi connectivity index (χ3n) is 4.45. The van der Waals surface area contributed by atoms with Crippen molar-refractivity contribution in [1.29, 1.82) is 0 Å². The zero-order valence-electron chi connectivity index (χ0n) is 14.8.